The second kappa shape index (κ2) is 9.46. The lowest BCUT2D eigenvalue weighted by molar-refractivity contribution is -0.120. The molecular formula is C19H24ClN3O3S. The second-order valence-corrected chi connectivity index (χ2v) is 8.30. The molecule has 1 N–H and O–H groups in total. The molecule has 8 heteroatoms. The molecule has 3 unspecified atom stereocenters. The summed E-state index contributed by atoms with van der Waals surface area (Å²) in [5.74, 6) is 2.45. The minimum Gasteiger partial charge on any atom is -0.484 e. The number of carbonyl (C=O) groups is 1. The van der Waals surface area contributed by atoms with Crippen LogP contribution < -0.4 is 10.1 Å². The molecule has 0 aliphatic heterocycles. The molecule has 1 aromatic heterocycles. The summed E-state index contributed by atoms with van der Waals surface area (Å²) in [6, 6.07) is 7.29. The van der Waals surface area contributed by atoms with Gasteiger partial charge in [0.15, 0.2) is 6.61 Å². The maximum absolute atomic E-state index is 12.2. The average molecular weight is 410 g/mol. The number of benzene rings is 1. The predicted molar refractivity (Wildman–Crippen MR) is 105 cm³/mol. The Hall–Kier alpha value is -1.73. The van der Waals surface area contributed by atoms with Gasteiger partial charge in [0, 0.05) is 11.1 Å². The summed E-state index contributed by atoms with van der Waals surface area (Å²) in [4.78, 5) is 12.2. The van der Waals surface area contributed by atoms with Crippen molar-refractivity contribution in [3.05, 3.63) is 35.2 Å². The Morgan fingerprint density at radius 2 is 2.07 bits per heavy atom. The summed E-state index contributed by atoms with van der Waals surface area (Å²) in [5.41, 5.74) is 0. The van der Waals surface area contributed by atoms with E-state index in [-0.39, 0.29) is 24.3 Å². The van der Waals surface area contributed by atoms with Gasteiger partial charge in [0.2, 0.25) is 5.91 Å². The number of carbonyl (C=O) groups excluding carboxylic acids is 1. The zero-order valence-corrected chi connectivity index (χ0v) is 17.1. The maximum atomic E-state index is 12.2. The van der Waals surface area contributed by atoms with Crippen molar-refractivity contribution in [1.29, 1.82) is 0 Å². The molecule has 1 aliphatic rings. The van der Waals surface area contributed by atoms with Crippen molar-refractivity contribution in [2.75, 3.05) is 5.75 Å². The summed E-state index contributed by atoms with van der Waals surface area (Å²) in [6.45, 7) is 4.63. The molecule has 1 aromatic carbocycles. The maximum Gasteiger partial charge on any atom is 0.277 e. The molecule has 0 spiro atoms. The standard InChI is InChI=1S/C19H24ClN3O3S/c1-12-4-3-5-16(13(12)2)21-17(24)11-27-19-23-22-18(26-19)10-25-15-8-6-14(20)7-9-15/h6-9,12-13,16H,3-5,10-11H2,1-2H3,(H,21,24). The first-order valence-electron chi connectivity index (χ1n) is 9.14. The topological polar surface area (TPSA) is 77.2 Å². The summed E-state index contributed by atoms with van der Waals surface area (Å²) < 4.78 is 11.1. The van der Waals surface area contributed by atoms with Gasteiger partial charge in [-0.3, -0.25) is 4.79 Å². The Bertz CT molecular complexity index is 753. The van der Waals surface area contributed by atoms with Gasteiger partial charge in [0.25, 0.3) is 11.1 Å². The highest BCUT2D eigenvalue weighted by molar-refractivity contribution is 7.99. The number of aromatic nitrogens is 2. The van der Waals surface area contributed by atoms with Crippen LogP contribution in [0.15, 0.2) is 33.9 Å². The monoisotopic (exact) mass is 409 g/mol. The van der Waals surface area contributed by atoms with E-state index in [0.717, 1.165) is 6.42 Å². The van der Waals surface area contributed by atoms with Crippen LogP contribution in [0.2, 0.25) is 5.02 Å². The van der Waals surface area contributed by atoms with Gasteiger partial charge in [-0.1, -0.05) is 50.1 Å². The Kier molecular flexibility index (Phi) is 7.01. The first-order chi connectivity index (χ1) is 13.0. The molecule has 1 fully saturated rings. The fraction of sp³-hybridized carbons (Fsp3) is 0.526. The Morgan fingerprint density at radius 3 is 2.85 bits per heavy atom. The number of hydrogen-bond donors (Lipinski definition) is 1. The number of amides is 1. The Morgan fingerprint density at radius 1 is 1.30 bits per heavy atom. The number of rotatable bonds is 7. The number of ether oxygens (including phenoxy) is 1. The quantitative estimate of drug-likeness (QED) is 0.685. The van der Waals surface area contributed by atoms with Crippen LogP contribution >= 0.6 is 23.4 Å². The van der Waals surface area contributed by atoms with Crippen LogP contribution in [0.25, 0.3) is 0 Å². The molecule has 1 amide bonds. The molecule has 27 heavy (non-hydrogen) atoms. The molecule has 0 bridgehead atoms. The van der Waals surface area contributed by atoms with Gasteiger partial charge in [-0.2, -0.15) is 0 Å². The second-order valence-electron chi connectivity index (χ2n) is 6.93. The van der Waals surface area contributed by atoms with Crippen molar-refractivity contribution in [2.45, 2.75) is 51.0 Å². The third-order valence-corrected chi connectivity index (χ3v) is 6.07. The summed E-state index contributed by atoms with van der Waals surface area (Å²) >= 11 is 7.08. The van der Waals surface area contributed by atoms with Crippen molar-refractivity contribution in [3.63, 3.8) is 0 Å². The predicted octanol–water partition coefficient (Wildman–Crippen LogP) is 4.34. The summed E-state index contributed by atoms with van der Waals surface area (Å²) in [5, 5.41) is 12.1. The minimum atomic E-state index is 0.00288. The highest BCUT2D eigenvalue weighted by Gasteiger charge is 2.28. The van der Waals surface area contributed by atoms with Crippen LogP contribution in [0.5, 0.6) is 5.75 Å². The first kappa shape index (κ1) is 20.0. The number of halogens is 1. The van der Waals surface area contributed by atoms with Crippen molar-refractivity contribution in [2.24, 2.45) is 11.8 Å². The van der Waals surface area contributed by atoms with Gasteiger partial charge in [-0.15, -0.1) is 10.2 Å². The molecule has 146 valence electrons. The van der Waals surface area contributed by atoms with E-state index in [1.54, 1.807) is 24.3 Å². The lowest BCUT2D eigenvalue weighted by atomic mass is 9.78. The molecular weight excluding hydrogens is 386 g/mol. The van der Waals surface area contributed by atoms with Gasteiger partial charge < -0.3 is 14.5 Å². The van der Waals surface area contributed by atoms with Crippen LogP contribution in [0.3, 0.4) is 0 Å². The molecule has 6 nitrogen and oxygen atoms in total. The van der Waals surface area contributed by atoms with E-state index in [2.05, 4.69) is 29.4 Å². The normalized spacial score (nSPS) is 22.4. The van der Waals surface area contributed by atoms with Gasteiger partial charge in [0.05, 0.1) is 5.75 Å². The van der Waals surface area contributed by atoms with E-state index in [1.165, 1.54) is 24.6 Å². The number of nitrogens with one attached hydrogen (secondary N) is 1. The lowest BCUT2D eigenvalue weighted by Crippen LogP contribution is -2.44. The smallest absolute Gasteiger partial charge is 0.277 e. The Balaban J connectivity index is 1.42. The zero-order chi connectivity index (χ0) is 19.2. The van der Waals surface area contributed by atoms with E-state index in [1.807, 2.05) is 0 Å². The van der Waals surface area contributed by atoms with Crippen molar-refractivity contribution in [1.82, 2.24) is 15.5 Å². The van der Waals surface area contributed by atoms with E-state index < -0.39 is 0 Å². The third kappa shape index (κ3) is 5.87. The number of thioether (sulfide) groups is 1. The molecule has 0 radical (unpaired) electrons. The minimum absolute atomic E-state index is 0.00288. The van der Waals surface area contributed by atoms with Crippen LogP contribution in [0.4, 0.5) is 0 Å². The number of nitrogens with zero attached hydrogens (tertiary/aromatic N) is 2. The van der Waals surface area contributed by atoms with Crippen molar-refractivity contribution < 1.29 is 13.9 Å². The fourth-order valence-electron chi connectivity index (χ4n) is 3.19. The first-order valence-corrected chi connectivity index (χ1v) is 10.5. The molecule has 2 aromatic rings. The van der Waals surface area contributed by atoms with Crippen LogP contribution in [-0.2, 0) is 11.4 Å². The molecule has 1 heterocycles. The zero-order valence-electron chi connectivity index (χ0n) is 15.5. The van der Waals surface area contributed by atoms with E-state index in [9.17, 15) is 4.79 Å². The van der Waals surface area contributed by atoms with Crippen molar-refractivity contribution in [3.8, 4) is 5.75 Å². The van der Waals surface area contributed by atoms with E-state index >= 15 is 0 Å². The van der Waals surface area contributed by atoms with E-state index in [0.29, 0.717) is 33.7 Å². The summed E-state index contributed by atoms with van der Waals surface area (Å²) in [6.07, 6.45) is 3.46. The third-order valence-electron chi connectivity index (χ3n) is 5.00. The molecule has 1 saturated carbocycles. The van der Waals surface area contributed by atoms with Gasteiger partial charge in [0.1, 0.15) is 5.75 Å². The molecule has 0 saturated heterocycles. The average Bonchev–Trinajstić information content (AvgIpc) is 3.11. The number of hydrogen-bond acceptors (Lipinski definition) is 6. The highest BCUT2D eigenvalue weighted by atomic mass is 35.5. The van der Waals surface area contributed by atoms with Crippen LogP contribution in [0.1, 0.15) is 39.0 Å². The fourth-order valence-corrected chi connectivity index (χ4v) is 3.91. The van der Waals surface area contributed by atoms with E-state index in [4.69, 9.17) is 20.8 Å². The molecule has 3 atom stereocenters. The molecule has 3 rings (SSSR count). The Labute approximate surface area is 168 Å². The SMILES string of the molecule is CC1CCCC(NC(=O)CSc2nnc(COc3ccc(Cl)cc3)o2)C1C. The largest absolute Gasteiger partial charge is 0.484 e. The van der Waals surface area contributed by atoms with Crippen molar-refractivity contribution >= 4 is 29.3 Å². The van der Waals surface area contributed by atoms with Gasteiger partial charge in [-0.05, 0) is 42.5 Å². The van der Waals surface area contributed by atoms with Crippen LogP contribution in [-0.4, -0.2) is 27.9 Å². The molecule has 1 aliphatic carbocycles. The van der Waals surface area contributed by atoms with Gasteiger partial charge in [-0.25, -0.2) is 0 Å². The van der Waals surface area contributed by atoms with Gasteiger partial charge >= 0.3 is 0 Å². The summed E-state index contributed by atoms with van der Waals surface area (Å²) in [7, 11) is 0. The highest BCUT2D eigenvalue weighted by Crippen LogP contribution is 2.29. The van der Waals surface area contributed by atoms with Crippen LogP contribution in [0, 0.1) is 11.8 Å². The lowest BCUT2D eigenvalue weighted by Gasteiger charge is -2.34.